The first kappa shape index (κ1) is 17.4. The molecule has 1 fully saturated rings. The van der Waals surface area contributed by atoms with E-state index in [9.17, 15) is 14.0 Å². The van der Waals surface area contributed by atoms with Gasteiger partial charge >= 0.3 is 5.97 Å². The summed E-state index contributed by atoms with van der Waals surface area (Å²) in [5.41, 5.74) is 5.86. The lowest BCUT2D eigenvalue weighted by molar-refractivity contribution is -0.118. The zero-order chi connectivity index (χ0) is 16.9. The van der Waals surface area contributed by atoms with Crippen molar-refractivity contribution in [3.05, 3.63) is 29.6 Å². The zero-order valence-corrected chi connectivity index (χ0v) is 13.4. The number of benzene rings is 1. The third-order valence-corrected chi connectivity index (χ3v) is 4.54. The van der Waals surface area contributed by atoms with Crippen molar-refractivity contribution in [2.45, 2.75) is 38.5 Å². The first-order valence-corrected chi connectivity index (χ1v) is 7.87. The molecular weight excluding hydrogens is 299 g/mol. The SMILES string of the molecule is COC(=O)c1ccc(F)c(NC(=O)CC2(CN)CCCCC2)c1. The number of esters is 1. The fourth-order valence-corrected chi connectivity index (χ4v) is 3.16. The Bertz CT molecular complexity index is 583. The van der Waals surface area contributed by atoms with Gasteiger partial charge in [0.05, 0.1) is 18.4 Å². The van der Waals surface area contributed by atoms with E-state index in [1.54, 1.807) is 0 Å². The van der Waals surface area contributed by atoms with Gasteiger partial charge in [0.2, 0.25) is 5.91 Å². The minimum Gasteiger partial charge on any atom is -0.465 e. The second-order valence-electron chi connectivity index (χ2n) is 6.18. The van der Waals surface area contributed by atoms with Crippen LogP contribution in [0.2, 0.25) is 0 Å². The third kappa shape index (κ3) is 4.28. The van der Waals surface area contributed by atoms with Crippen molar-refractivity contribution in [1.29, 1.82) is 0 Å². The summed E-state index contributed by atoms with van der Waals surface area (Å²) in [7, 11) is 1.25. The van der Waals surface area contributed by atoms with Gasteiger partial charge in [0.25, 0.3) is 0 Å². The molecule has 0 radical (unpaired) electrons. The quantitative estimate of drug-likeness (QED) is 0.817. The molecule has 0 aromatic heterocycles. The van der Waals surface area contributed by atoms with Crippen LogP contribution in [0.1, 0.15) is 48.9 Å². The topological polar surface area (TPSA) is 81.4 Å². The van der Waals surface area contributed by atoms with Crippen LogP contribution in [0, 0.1) is 11.2 Å². The largest absolute Gasteiger partial charge is 0.465 e. The summed E-state index contributed by atoms with van der Waals surface area (Å²) in [6.45, 7) is 0.450. The molecule has 3 N–H and O–H groups in total. The molecule has 1 aromatic rings. The Morgan fingerprint density at radius 3 is 2.61 bits per heavy atom. The molecule has 126 valence electrons. The molecule has 0 saturated heterocycles. The van der Waals surface area contributed by atoms with E-state index < -0.39 is 11.8 Å². The second kappa shape index (κ2) is 7.55. The summed E-state index contributed by atoms with van der Waals surface area (Å²) in [5, 5.41) is 2.56. The predicted octanol–water partition coefficient (Wildman–Crippen LogP) is 2.85. The molecule has 1 aliphatic carbocycles. The highest BCUT2D eigenvalue weighted by atomic mass is 19.1. The summed E-state index contributed by atoms with van der Waals surface area (Å²) in [6.07, 6.45) is 5.40. The van der Waals surface area contributed by atoms with Crippen LogP contribution < -0.4 is 11.1 Å². The minimum absolute atomic E-state index is 0.0131. The van der Waals surface area contributed by atoms with Gasteiger partial charge in [-0.1, -0.05) is 19.3 Å². The highest BCUT2D eigenvalue weighted by Gasteiger charge is 2.33. The molecule has 1 amide bonds. The van der Waals surface area contributed by atoms with Crippen molar-refractivity contribution < 1.29 is 18.7 Å². The molecule has 0 atom stereocenters. The van der Waals surface area contributed by atoms with Gasteiger partial charge in [-0.25, -0.2) is 9.18 Å². The van der Waals surface area contributed by atoms with E-state index in [0.717, 1.165) is 31.7 Å². The number of rotatable bonds is 5. The maximum absolute atomic E-state index is 13.9. The summed E-state index contributed by atoms with van der Waals surface area (Å²) < 4.78 is 18.5. The standard InChI is InChI=1S/C17H23FN2O3/c1-23-16(22)12-5-6-13(18)14(9-12)20-15(21)10-17(11-19)7-3-2-4-8-17/h5-6,9H,2-4,7-8,10-11,19H2,1H3,(H,20,21). The molecule has 0 aliphatic heterocycles. The Balaban J connectivity index is 2.08. The van der Waals surface area contributed by atoms with Crippen LogP contribution in [0.15, 0.2) is 18.2 Å². The Kier molecular flexibility index (Phi) is 5.71. The second-order valence-corrected chi connectivity index (χ2v) is 6.18. The summed E-state index contributed by atoms with van der Waals surface area (Å²) in [4.78, 5) is 23.8. The van der Waals surface area contributed by atoms with Crippen LogP contribution in [0.3, 0.4) is 0 Å². The predicted molar refractivity (Wildman–Crippen MR) is 85.6 cm³/mol. The van der Waals surface area contributed by atoms with Gasteiger partial charge in [0, 0.05) is 6.42 Å². The van der Waals surface area contributed by atoms with Gasteiger partial charge in [-0.15, -0.1) is 0 Å². The molecule has 5 nitrogen and oxygen atoms in total. The molecule has 0 spiro atoms. The van der Waals surface area contributed by atoms with Gasteiger partial charge in [-0.3, -0.25) is 4.79 Å². The number of ether oxygens (including phenoxy) is 1. The first-order chi connectivity index (χ1) is 11.0. The fourth-order valence-electron chi connectivity index (χ4n) is 3.16. The maximum Gasteiger partial charge on any atom is 0.337 e. The smallest absolute Gasteiger partial charge is 0.337 e. The molecular formula is C17H23FN2O3. The van der Waals surface area contributed by atoms with Crippen molar-refractivity contribution in [1.82, 2.24) is 0 Å². The highest BCUT2D eigenvalue weighted by Crippen LogP contribution is 2.38. The van der Waals surface area contributed by atoms with Crippen LogP contribution in [0.4, 0.5) is 10.1 Å². The number of amides is 1. The maximum atomic E-state index is 13.9. The minimum atomic E-state index is -0.587. The van der Waals surface area contributed by atoms with Gasteiger partial charge in [0.1, 0.15) is 5.82 Å². The molecule has 2 rings (SSSR count). The van der Waals surface area contributed by atoms with Crippen LogP contribution >= 0.6 is 0 Å². The number of nitrogens with one attached hydrogen (secondary N) is 1. The van der Waals surface area contributed by atoms with Crippen LogP contribution in [-0.4, -0.2) is 25.5 Å². The van der Waals surface area contributed by atoms with Gasteiger partial charge in [-0.2, -0.15) is 0 Å². The number of nitrogens with two attached hydrogens (primary N) is 1. The highest BCUT2D eigenvalue weighted by molar-refractivity contribution is 5.94. The van der Waals surface area contributed by atoms with E-state index >= 15 is 0 Å². The van der Waals surface area contributed by atoms with E-state index in [-0.39, 0.29) is 29.0 Å². The molecule has 1 saturated carbocycles. The number of anilines is 1. The number of methoxy groups -OCH3 is 1. The normalized spacial score (nSPS) is 16.7. The molecule has 6 heteroatoms. The van der Waals surface area contributed by atoms with E-state index in [1.165, 1.54) is 25.7 Å². The van der Waals surface area contributed by atoms with E-state index in [0.29, 0.717) is 6.54 Å². The monoisotopic (exact) mass is 322 g/mol. The number of hydrogen-bond acceptors (Lipinski definition) is 4. The number of halogens is 1. The van der Waals surface area contributed by atoms with Crippen molar-refractivity contribution in [3.8, 4) is 0 Å². The Morgan fingerprint density at radius 2 is 2.00 bits per heavy atom. The lowest BCUT2D eigenvalue weighted by Gasteiger charge is -2.35. The van der Waals surface area contributed by atoms with Crippen molar-refractivity contribution in [2.24, 2.45) is 11.1 Å². The number of carbonyl (C=O) groups excluding carboxylic acids is 2. The molecule has 1 aliphatic rings. The van der Waals surface area contributed by atoms with Gasteiger partial charge in [-0.05, 0) is 43.0 Å². The van der Waals surface area contributed by atoms with Gasteiger partial charge in [0.15, 0.2) is 0 Å². The van der Waals surface area contributed by atoms with Crippen molar-refractivity contribution >= 4 is 17.6 Å². The lowest BCUT2D eigenvalue weighted by Crippen LogP contribution is -2.36. The lowest BCUT2D eigenvalue weighted by atomic mass is 9.71. The average Bonchev–Trinajstić information content (AvgIpc) is 2.57. The molecule has 0 heterocycles. The molecule has 0 unspecified atom stereocenters. The van der Waals surface area contributed by atoms with Crippen molar-refractivity contribution in [2.75, 3.05) is 19.0 Å². The average molecular weight is 322 g/mol. The molecule has 0 bridgehead atoms. The third-order valence-electron chi connectivity index (χ3n) is 4.54. The Labute approximate surface area is 135 Å². The van der Waals surface area contributed by atoms with Crippen LogP contribution in [-0.2, 0) is 9.53 Å². The van der Waals surface area contributed by atoms with E-state index in [1.807, 2.05) is 0 Å². The summed E-state index contributed by atoms with van der Waals surface area (Å²) in [6, 6.07) is 3.75. The van der Waals surface area contributed by atoms with Crippen LogP contribution in [0.25, 0.3) is 0 Å². The summed E-state index contributed by atoms with van der Waals surface area (Å²) in [5.74, 6) is -1.44. The van der Waals surface area contributed by atoms with E-state index in [2.05, 4.69) is 10.1 Å². The molecule has 1 aromatic carbocycles. The number of carbonyl (C=O) groups is 2. The number of hydrogen-bond donors (Lipinski definition) is 2. The summed E-state index contributed by atoms with van der Waals surface area (Å²) >= 11 is 0. The fraction of sp³-hybridized carbons (Fsp3) is 0.529. The first-order valence-electron chi connectivity index (χ1n) is 7.87. The zero-order valence-electron chi connectivity index (χ0n) is 13.4. The Morgan fingerprint density at radius 1 is 1.30 bits per heavy atom. The van der Waals surface area contributed by atoms with Gasteiger partial charge < -0.3 is 15.8 Å². The Hall–Kier alpha value is -1.95. The molecule has 23 heavy (non-hydrogen) atoms. The van der Waals surface area contributed by atoms with Crippen molar-refractivity contribution in [3.63, 3.8) is 0 Å². The van der Waals surface area contributed by atoms with Crippen LogP contribution in [0.5, 0.6) is 0 Å². The van der Waals surface area contributed by atoms with E-state index in [4.69, 9.17) is 5.73 Å².